The molecule has 26 heavy (non-hydrogen) atoms. The van der Waals surface area contributed by atoms with Crippen molar-refractivity contribution in [1.29, 1.82) is 0 Å². The van der Waals surface area contributed by atoms with Crippen LogP contribution in [0.3, 0.4) is 0 Å². The molecule has 0 aromatic carbocycles. The van der Waals surface area contributed by atoms with Gasteiger partial charge in [0, 0.05) is 32.2 Å². The Hall–Kier alpha value is -0.480. The summed E-state index contributed by atoms with van der Waals surface area (Å²) in [6, 6.07) is 3.68. The van der Waals surface area contributed by atoms with Gasteiger partial charge in [0.1, 0.15) is 4.21 Å². The predicted molar refractivity (Wildman–Crippen MR) is 107 cm³/mol. The van der Waals surface area contributed by atoms with E-state index < -0.39 is 10.0 Å². The van der Waals surface area contributed by atoms with E-state index in [-0.39, 0.29) is 11.9 Å². The zero-order chi connectivity index (χ0) is 18.7. The molecule has 1 aromatic heterocycles. The normalized spacial score (nSPS) is 25.9. The summed E-state index contributed by atoms with van der Waals surface area (Å²) in [5.41, 5.74) is 0. The van der Waals surface area contributed by atoms with Gasteiger partial charge < -0.3 is 5.32 Å². The average Bonchev–Trinajstić information content (AvgIpc) is 3.05. The number of piperazine rings is 1. The number of carbonyl (C=O) groups is 1. The molecule has 3 rings (SSSR count). The number of carbonyl (C=O) groups excluding carboxylic acids is 1. The van der Waals surface area contributed by atoms with Crippen molar-refractivity contribution < 1.29 is 13.2 Å². The van der Waals surface area contributed by atoms with Crippen LogP contribution in [0.5, 0.6) is 0 Å². The molecule has 1 saturated carbocycles. The van der Waals surface area contributed by atoms with E-state index in [1.54, 1.807) is 12.1 Å². The third-order valence-electron chi connectivity index (χ3n) is 5.30. The largest absolute Gasteiger partial charge is 0.352 e. The maximum absolute atomic E-state index is 12.6. The minimum absolute atomic E-state index is 0.0576. The lowest BCUT2D eigenvalue weighted by atomic mass is 9.86. The average molecular weight is 464 g/mol. The fraction of sp³-hybridized carbons (Fsp3) is 0.706. The Morgan fingerprint density at radius 2 is 1.92 bits per heavy atom. The van der Waals surface area contributed by atoms with E-state index in [4.69, 9.17) is 0 Å². The van der Waals surface area contributed by atoms with Crippen molar-refractivity contribution in [2.75, 3.05) is 32.7 Å². The van der Waals surface area contributed by atoms with E-state index >= 15 is 0 Å². The van der Waals surface area contributed by atoms with Crippen LogP contribution in [-0.4, -0.2) is 62.3 Å². The number of amides is 1. The zero-order valence-electron chi connectivity index (χ0n) is 15.0. The van der Waals surface area contributed by atoms with E-state index in [2.05, 4.69) is 28.2 Å². The molecule has 2 atom stereocenters. The summed E-state index contributed by atoms with van der Waals surface area (Å²) in [6.45, 7) is 4.56. The van der Waals surface area contributed by atoms with E-state index in [9.17, 15) is 13.2 Å². The van der Waals surface area contributed by atoms with Crippen LogP contribution in [0, 0.1) is 5.92 Å². The van der Waals surface area contributed by atoms with Crippen LogP contribution in [-0.2, 0) is 14.8 Å². The Balaban J connectivity index is 1.48. The summed E-state index contributed by atoms with van der Waals surface area (Å²) < 4.78 is 28.0. The first-order valence-electron chi connectivity index (χ1n) is 9.13. The second-order valence-electron chi connectivity index (χ2n) is 7.17. The summed E-state index contributed by atoms with van der Waals surface area (Å²) in [5.74, 6) is 0.599. The SMILES string of the molecule is C[C@H]1CCCC[C@H]1NC(=O)CN1CCN(S(=O)(=O)c2ccc(Br)s2)CC1. The summed E-state index contributed by atoms with van der Waals surface area (Å²) in [6.07, 6.45) is 4.69. The van der Waals surface area contributed by atoms with Gasteiger partial charge in [0.05, 0.1) is 10.3 Å². The van der Waals surface area contributed by atoms with Crippen molar-refractivity contribution in [3.05, 3.63) is 15.9 Å². The molecule has 146 valence electrons. The number of nitrogens with one attached hydrogen (secondary N) is 1. The summed E-state index contributed by atoms with van der Waals surface area (Å²) >= 11 is 4.54. The van der Waals surface area contributed by atoms with Gasteiger partial charge in [-0.05, 0) is 46.8 Å². The van der Waals surface area contributed by atoms with Crippen LogP contribution < -0.4 is 5.32 Å². The molecule has 9 heteroatoms. The Morgan fingerprint density at radius 3 is 2.54 bits per heavy atom. The molecule has 1 amide bonds. The highest BCUT2D eigenvalue weighted by Crippen LogP contribution is 2.29. The van der Waals surface area contributed by atoms with Gasteiger partial charge in [-0.1, -0.05) is 19.8 Å². The fourth-order valence-electron chi connectivity index (χ4n) is 3.68. The van der Waals surface area contributed by atoms with Crippen molar-refractivity contribution in [3.8, 4) is 0 Å². The lowest BCUT2D eigenvalue weighted by Gasteiger charge is -2.34. The minimum atomic E-state index is -3.43. The molecule has 0 spiro atoms. The van der Waals surface area contributed by atoms with Crippen molar-refractivity contribution >= 4 is 43.2 Å². The topological polar surface area (TPSA) is 69.7 Å². The van der Waals surface area contributed by atoms with Crippen molar-refractivity contribution in [1.82, 2.24) is 14.5 Å². The molecule has 2 heterocycles. The molecule has 1 aliphatic heterocycles. The van der Waals surface area contributed by atoms with E-state index in [0.717, 1.165) is 10.2 Å². The molecule has 2 aliphatic rings. The van der Waals surface area contributed by atoms with Crippen LogP contribution in [0.25, 0.3) is 0 Å². The predicted octanol–water partition coefficient (Wildman–Crippen LogP) is 2.51. The lowest BCUT2D eigenvalue weighted by molar-refractivity contribution is -0.123. The first-order valence-corrected chi connectivity index (χ1v) is 12.2. The molecule has 1 N–H and O–H groups in total. The van der Waals surface area contributed by atoms with Gasteiger partial charge in [-0.2, -0.15) is 4.31 Å². The van der Waals surface area contributed by atoms with Gasteiger partial charge in [0.15, 0.2) is 0 Å². The lowest BCUT2D eigenvalue weighted by Crippen LogP contribution is -2.52. The number of halogens is 1. The maximum Gasteiger partial charge on any atom is 0.252 e. The van der Waals surface area contributed by atoms with E-state index in [1.165, 1.54) is 34.9 Å². The van der Waals surface area contributed by atoms with E-state index in [1.807, 2.05) is 4.90 Å². The number of hydrogen-bond acceptors (Lipinski definition) is 5. The molecule has 1 aliphatic carbocycles. The minimum Gasteiger partial charge on any atom is -0.352 e. The molecule has 0 unspecified atom stereocenters. The highest BCUT2D eigenvalue weighted by atomic mass is 79.9. The summed E-state index contributed by atoms with van der Waals surface area (Å²) in [5, 5.41) is 3.17. The summed E-state index contributed by atoms with van der Waals surface area (Å²) in [7, 11) is -3.43. The van der Waals surface area contributed by atoms with Gasteiger partial charge >= 0.3 is 0 Å². The molecule has 0 radical (unpaired) electrons. The van der Waals surface area contributed by atoms with Crippen LogP contribution in [0.2, 0.25) is 0 Å². The molecule has 6 nitrogen and oxygen atoms in total. The Kier molecular flexibility index (Phi) is 6.77. The quantitative estimate of drug-likeness (QED) is 0.727. The molecule has 0 bridgehead atoms. The van der Waals surface area contributed by atoms with E-state index in [0.29, 0.717) is 42.9 Å². The second kappa shape index (κ2) is 8.68. The smallest absolute Gasteiger partial charge is 0.252 e. The van der Waals surface area contributed by atoms with Gasteiger partial charge in [-0.25, -0.2) is 8.42 Å². The molecular formula is C17H26BrN3O3S2. The van der Waals surface area contributed by atoms with Crippen LogP contribution >= 0.6 is 27.3 Å². The van der Waals surface area contributed by atoms with Gasteiger partial charge in [0.25, 0.3) is 10.0 Å². The Labute approximate surface area is 168 Å². The molecule has 1 aromatic rings. The number of sulfonamides is 1. The zero-order valence-corrected chi connectivity index (χ0v) is 18.2. The van der Waals surface area contributed by atoms with Gasteiger partial charge in [-0.3, -0.25) is 9.69 Å². The third-order valence-corrected chi connectivity index (χ3v) is 9.29. The fourth-order valence-corrected chi connectivity index (χ4v) is 7.26. The number of nitrogens with zero attached hydrogens (tertiary/aromatic N) is 2. The highest BCUT2D eigenvalue weighted by molar-refractivity contribution is 9.11. The van der Waals surface area contributed by atoms with Crippen molar-refractivity contribution in [2.45, 2.75) is 42.9 Å². The monoisotopic (exact) mass is 463 g/mol. The Bertz CT molecular complexity index is 729. The molecular weight excluding hydrogens is 438 g/mol. The molecule has 1 saturated heterocycles. The third kappa shape index (κ3) is 4.86. The first kappa shape index (κ1) is 20.3. The van der Waals surface area contributed by atoms with Crippen molar-refractivity contribution in [2.24, 2.45) is 5.92 Å². The van der Waals surface area contributed by atoms with Crippen LogP contribution in [0.4, 0.5) is 0 Å². The van der Waals surface area contributed by atoms with Crippen LogP contribution in [0.15, 0.2) is 20.1 Å². The number of rotatable bonds is 5. The van der Waals surface area contributed by atoms with Crippen molar-refractivity contribution in [3.63, 3.8) is 0 Å². The second-order valence-corrected chi connectivity index (χ2v) is 11.8. The summed E-state index contributed by atoms with van der Waals surface area (Å²) in [4.78, 5) is 14.4. The van der Waals surface area contributed by atoms with Gasteiger partial charge in [0.2, 0.25) is 5.91 Å². The number of thiophene rings is 1. The highest BCUT2D eigenvalue weighted by Gasteiger charge is 2.30. The first-order chi connectivity index (χ1) is 12.4. The maximum atomic E-state index is 12.6. The van der Waals surface area contributed by atoms with Crippen LogP contribution in [0.1, 0.15) is 32.6 Å². The Morgan fingerprint density at radius 1 is 1.23 bits per heavy atom. The van der Waals surface area contributed by atoms with Gasteiger partial charge in [-0.15, -0.1) is 11.3 Å². The standard InChI is InChI=1S/C17H26BrN3O3S2/c1-13-4-2-3-5-14(13)19-16(22)12-20-8-10-21(11-9-20)26(23,24)17-7-6-15(18)25-17/h6-7,13-14H,2-5,8-12H2,1H3,(H,19,22)/t13-,14+/m0/s1. The molecule has 2 fully saturated rings. The number of hydrogen-bond donors (Lipinski definition) is 1.